The number of hydrogen-bond donors (Lipinski definition) is 0. The second kappa shape index (κ2) is 7.67. The number of thioether (sulfide) groups is 1. The van der Waals surface area contributed by atoms with Gasteiger partial charge in [-0.25, -0.2) is 4.99 Å². The molecule has 0 fully saturated rings. The fraction of sp³-hybridized carbons (Fsp3) is 0.250. The Morgan fingerprint density at radius 3 is 2.37 bits per heavy atom. The van der Waals surface area contributed by atoms with Crippen LogP contribution in [0, 0.1) is 0 Å². The molecule has 0 radical (unpaired) electrons. The summed E-state index contributed by atoms with van der Waals surface area (Å²) in [6.07, 6.45) is -4.37. The smallest absolute Gasteiger partial charge is 0.416 e. The van der Waals surface area contributed by atoms with Crippen LogP contribution in [0.1, 0.15) is 16.7 Å². The molecule has 0 saturated heterocycles. The summed E-state index contributed by atoms with van der Waals surface area (Å²) in [6.45, 7) is 0.0575. The van der Waals surface area contributed by atoms with Crippen molar-refractivity contribution in [2.24, 2.45) is 9.98 Å². The average Bonchev–Trinajstić information content (AvgIpc) is 3.12. The molecule has 2 aromatic carbocycles. The quantitative estimate of drug-likeness (QED) is 0.719. The molecule has 6 nitrogen and oxygen atoms in total. The van der Waals surface area contributed by atoms with Gasteiger partial charge >= 0.3 is 6.18 Å². The predicted molar refractivity (Wildman–Crippen MR) is 108 cm³/mol. The number of aliphatic imine (C=N–C) groups is 2. The molecule has 2 aromatic rings. The van der Waals surface area contributed by atoms with Gasteiger partial charge in [0.05, 0.1) is 25.5 Å². The Morgan fingerprint density at radius 2 is 1.73 bits per heavy atom. The van der Waals surface area contributed by atoms with E-state index in [2.05, 4.69) is 9.98 Å². The van der Waals surface area contributed by atoms with Crippen LogP contribution in [-0.4, -0.2) is 42.6 Å². The monoisotopic (exact) mass is 435 g/mol. The fourth-order valence-electron chi connectivity index (χ4n) is 3.14. The van der Waals surface area contributed by atoms with Crippen molar-refractivity contribution < 1.29 is 27.4 Å². The second-order valence-corrected chi connectivity index (χ2v) is 7.46. The van der Waals surface area contributed by atoms with Gasteiger partial charge in [-0.05, 0) is 23.8 Å². The molecule has 0 atom stereocenters. The number of nitrogens with zero attached hydrogens (tertiary/aromatic N) is 3. The Balaban J connectivity index is 1.63. The van der Waals surface area contributed by atoms with Gasteiger partial charge in [0.2, 0.25) is 0 Å². The maximum Gasteiger partial charge on any atom is 0.416 e. The number of methoxy groups -OCH3 is 2. The van der Waals surface area contributed by atoms with Crippen molar-refractivity contribution in [3.05, 3.63) is 53.1 Å². The molecule has 0 saturated carbocycles. The summed E-state index contributed by atoms with van der Waals surface area (Å²) in [4.78, 5) is 22.4. The van der Waals surface area contributed by atoms with E-state index in [-0.39, 0.29) is 12.5 Å². The average molecular weight is 435 g/mol. The van der Waals surface area contributed by atoms with Gasteiger partial charge in [0.25, 0.3) is 5.91 Å². The van der Waals surface area contributed by atoms with Gasteiger partial charge in [-0.15, -0.1) is 0 Å². The van der Waals surface area contributed by atoms with E-state index in [1.807, 2.05) is 0 Å². The van der Waals surface area contributed by atoms with Crippen LogP contribution in [0.5, 0.6) is 11.5 Å². The van der Waals surface area contributed by atoms with E-state index >= 15 is 0 Å². The third kappa shape index (κ3) is 3.74. The Labute approximate surface area is 174 Å². The summed E-state index contributed by atoms with van der Waals surface area (Å²) in [5.74, 6) is 1.55. The number of carbonyl (C=O) groups is 1. The summed E-state index contributed by atoms with van der Waals surface area (Å²) in [6, 6.07) is 8.40. The van der Waals surface area contributed by atoms with Gasteiger partial charge in [0.15, 0.2) is 16.7 Å². The molecule has 2 aliphatic heterocycles. The summed E-state index contributed by atoms with van der Waals surface area (Å²) < 4.78 is 48.9. The Kier molecular flexibility index (Phi) is 5.19. The molecule has 2 aliphatic rings. The molecular formula is C20H16F3N3O3S. The van der Waals surface area contributed by atoms with Gasteiger partial charge in [0.1, 0.15) is 12.4 Å². The minimum atomic E-state index is -4.37. The van der Waals surface area contributed by atoms with Crippen LogP contribution in [-0.2, 0) is 16.7 Å². The Hall–Kier alpha value is -3.01. The largest absolute Gasteiger partial charge is 0.493 e. The molecule has 0 unspecified atom stereocenters. The van der Waals surface area contributed by atoms with Gasteiger partial charge < -0.3 is 9.47 Å². The number of ether oxygens (including phenoxy) is 2. The SMILES string of the molecule is COc1cc2c(cc1OC)C1=NC(=O)CN1C(SCc1ccc(C(F)(F)F)cc1)=N2. The van der Waals surface area contributed by atoms with Crippen molar-refractivity contribution in [3.8, 4) is 11.5 Å². The van der Waals surface area contributed by atoms with Gasteiger partial charge in [-0.1, -0.05) is 23.9 Å². The molecule has 156 valence electrons. The molecule has 4 rings (SSSR count). The number of amidine groups is 2. The number of halogens is 3. The van der Waals surface area contributed by atoms with E-state index in [4.69, 9.17) is 9.47 Å². The number of rotatable bonds is 4. The number of fused-ring (bicyclic) bond motifs is 3. The highest BCUT2D eigenvalue weighted by molar-refractivity contribution is 8.13. The molecule has 0 N–H and O–H groups in total. The molecule has 10 heteroatoms. The normalized spacial score (nSPS) is 15.4. The molecule has 0 aromatic heterocycles. The molecule has 2 heterocycles. The lowest BCUT2D eigenvalue weighted by Gasteiger charge is -2.27. The minimum absolute atomic E-state index is 0.0575. The van der Waals surface area contributed by atoms with Crippen LogP contribution in [0.2, 0.25) is 0 Å². The lowest BCUT2D eigenvalue weighted by molar-refractivity contribution is -0.137. The van der Waals surface area contributed by atoms with Crippen molar-refractivity contribution in [1.82, 2.24) is 4.90 Å². The first-order valence-corrected chi connectivity index (χ1v) is 9.82. The van der Waals surface area contributed by atoms with E-state index in [0.717, 1.165) is 12.1 Å². The van der Waals surface area contributed by atoms with Crippen molar-refractivity contribution in [2.45, 2.75) is 11.9 Å². The maximum absolute atomic E-state index is 12.7. The number of carbonyl (C=O) groups excluding carboxylic acids is 1. The molecular weight excluding hydrogens is 419 g/mol. The van der Waals surface area contributed by atoms with Crippen LogP contribution in [0.3, 0.4) is 0 Å². The third-order valence-corrected chi connectivity index (χ3v) is 5.67. The number of alkyl halides is 3. The molecule has 0 bridgehead atoms. The molecule has 0 spiro atoms. The highest BCUT2D eigenvalue weighted by atomic mass is 32.2. The predicted octanol–water partition coefficient (Wildman–Crippen LogP) is 4.25. The first-order chi connectivity index (χ1) is 14.3. The third-order valence-electron chi connectivity index (χ3n) is 4.62. The fourth-order valence-corrected chi connectivity index (χ4v) is 4.10. The highest BCUT2D eigenvalue weighted by Gasteiger charge is 2.34. The van der Waals surface area contributed by atoms with Crippen molar-refractivity contribution in [3.63, 3.8) is 0 Å². The van der Waals surface area contributed by atoms with Gasteiger partial charge in [-0.3, -0.25) is 9.69 Å². The zero-order chi connectivity index (χ0) is 21.5. The number of amides is 1. The Bertz CT molecular complexity index is 1070. The summed E-state index contributed by atoms with van der Waals surface area (Å²) >= 11 is 1.32. The number of hydrogen-bond acceptors (Lipinski definition) is 6. The van der Waals surface area contributed by atoms with Gasteiger partial charge in [0, 0.05) is 17.4 Å². The zero-order valence-corrected chi connectivity index (χ0v) is 16.8. The van der Waals surface area contributed by atoms with E-state index in [9.17, 15) is 18.0 Å². The van der Waals surface area contributed by atoms with E-state index in [1.54, 1.807) is 17.0 Å². The van der Waals surface area contributed by atoms with Crippen molar-refractivity contribution in [2.75, 3.05) is 20.8 Å². The molecule has 0 aliphatic carbocycles. The first kappa shape index (κ1) is 20.3. The standard InChI is InChI=1S/C20H16F3N3O3S/c1-28-15-7-13-14(8-16(15)29-2)24-19(26-9-17(27)25-18(13)26)30-10-11-3-5-12(6-4-11)20(21,22)23/h3-8H,9-10H2,1-2H3. The van der Waals surface area contributed by atoms with Crippen molar-refractivity contribution >= 4 is 34.4 Å². The maximum atomic E-state index is 12.7. The molecule has 1 amide bonds. The van der Waals surface area contributed by atoms with Crippen molar-refractivity contribution in [1.29, 1.82) is 0 Å². The first-order valence-electron chi connectivity index (χ1n) is 8.83. The minimum Gasteiger partial charge on any atom is -0.493 e. The van der Waals surface area contributed by atoms with E-state index in [0.29, 0.717) is 45.1 Å². The van der Waals surface area contributed by atoms with Gasteiger partial charge in [-0.2, -0.15) is 18.2 Å². The summed E-state index contributed by atoms with van der Waals surface area (Å²) in [5.41, 5.74) is 1.24. The van der Waals surface area contributed by atoms with Crippen LogP contribution < -0.4 is 9.47 Å². The van der Waals surface area contributed by atoms with Crippen LogP contribution >= 0.6 is 11.8 Å². The van der Waals surface area contributed by atoms with E-state index in [1.165, 1.54) is 38.1 Å². The van der Waals surface area contributed by atoms with Crippen LogP contribution in [0.25, 0.3) is 0 Å². The second-order valence-electron chi connectivity index (χ2n) is 6.52. The Morgan fingerprint density at radius 1 is 1.07 bits per heavy atom. The van der Waals surface area contributed by atoms with Crippen LogP contribution in [0.15, 0.2) is 46.4 Å². The summed E-state index contributed by atoms with van der Waals surface area (Å²) in [7, 11) is 3.03. The zero-order valence-electron chi connectivity index (χ0n) is 16.0. The highest BCUT2D eigenvalue weighted by Crippen LogP contribution is 2.40. The molecule has 30 heavy (non-hydrogen) atoms. The summed E-state index contributed by atoms with van der Waals surface area (Å²) in [5, 5.41) is 0.541. The lowest BCUT2D eigenvalue weighted by atomic mass is 10.1. The number of benzene rings is 2. The topological polar surface area (TPSA) is 63.5 Å². The van der Waals surface area contributed by atoms with E-state index < -0.39 is 11.7 Å². The lowest BCUT2D eigenvalue weighted by Crippen LogP contribution is -2.36. The van der Waals surface area contributed by atoms with Crippen LogP contribution in [0.4, 0.5) is 18.9 Å².